The van der Waals surface area contributed by atoms with Gasteiger partial charge in [0, 0.05) is 6.04 Å². The van der Waals surface area contributed by atoms with Crippen molar-refractivity contribution in [3.05, 3.63) is 17.9 Å². The summed E-state index contributed by atoms with van der Waals surface area (Å²) in [6.07, 6.45) is 4.15. The van der Waals surface area contributed by atoms with Crippen LogP contribution in [0.25, 0.3) is 0 Å². The van der Waals surface area contributed by atoms with Crippen molar-refractivity contribution in [2.24, 2.45) is 11.7 Å². The Morgan fingerprint density at radius 1 is 1.50 bits per heavy atom. The van der Waals surface area contributed by atoms with Crippen molar-refractivity contribution < 1.29 is 12.8 Å². The van der Waals surface area contributed by atoms with E-state index in [1.165, 1.54) is 18.9 Å². The zero-order chi connectivity index (χ0) is 13.2. The number of nitrogens with two attached hydrogens (primary N) is 1. The number of furan rings is 1. The molecule has 102 valence electrons. The lowest BCUT2D eigenvalue weighted by molar-refractivity contribution is 0.406. The Morgan fingerprint density at radius 2 is 2.22 bits per heavy atom. The predicted octanol–water partition coefficient (Wildman–Crippen LogP) is 1.60. The maximum absolute atomic E-state index is 12.1. The SMILES string of the molecule is CCC(CC1CC1)NS(=O)(=O)c1ccc(CN)o1. The minimum Gasteiger partial charge on any atom is -0.447 e. The third-order valence-corrected chi connectivity index (χ3v) is 4.63. The summed E-state index contributed by atoms with van der Waals surface area (Å²) >= 11 is 0. The first-order chi connectivity index (χ1) is 8.55. The van der Waals surface area contributed by atoms with Gasteiger partial charge in [-0.25, -0.2) is 13.1 Å². The van der Waals surface area contributed by atoms with Gasteiger partial charge in [0.2, 0.25) is 5.09 Å². The minimum atomic E-state index is -3.55. The Bertz CT molecular complexity index is 491. The maximum atomic E-state index is 12.1. The van der Waals surface area contributed by atoms with Crippen LogP contribution < -0.4 is 10.5 Å². The van der Waals surface area contributed by atoms with Gasteiger partial charge < -0.3 is 10.2 Å². The van der Waals surface area contributed by atoms with Crippen molar-refractivity contribution in [1.29, 1.82) is 0 Å². The van der Waals surface area contributed by atoms with Gasteiger partial charge in [-0.1, -0.05) is 19.8 Å². The van der Waals surface area contributed by atoms with Crippen LogP contribution in [0.5, 0.6) is 0 Å². The van der Waals surface area contributed by atoms with Crippen LogP contribution in [-0.2, 0) is 16.6 Å². The molecule has 1 fully saturated rings. The molecule has 1 saturated carbocycles. The van der Waals surface area contributed by atoms with E-state index < -0.39 is 10.0 Å². The summed E-state index contributed by atoms with van der Waals surface area (Å²) in [6.45, 7) is 2.19. The van der Waals surface area contributed by atoms with Gasteiger partial charge in [-0.05, 0) is 30.9 Å². The molecule has 1 unspecified atom stereocenters. The summed E-state index contributed by atoms with van der Waals surface area (Å²) in [6, 6.07) is 3.04. The zero-order valence-electron chi connectivity index (χ0n) is 10.6. The molecule has 1 aliphatic carbocycles. The van der Waals surface area contributed by atoms with E-state index in [9.17, 15) is 8.42 Å². The Kier molecular flexibility index (Phi) is 4.09. The van der Waals surface area contributed by atoms with E-state index in [0.717, 1.165) is 12.8 Å². The van der Waals surface area contributed by atoms with Gasteiger partial charge in [0.1, 0.15) is 5.76 Å². The Hall–Kier alpha value is -0.850. The molecule has 0 radical (unpaired) electrons. The van der Waals surface area contributed by atoms with E-state index in [1.807, 2.05) is 6.92 Å². The number of hydrogen-bond donors (Lipinski definition) is 2. The van der Waals surface area contributed by atoms with Crippen molar-refractivity contribution in [1.82, 2.24) is 4.72 Å². The van der Waals surface area contributed by atoms with Crippen LogP contribution >= 0.6 is 0 Å². The molecular formula is C12H20N2O3S. The second-order valence-electron chi connectivity index (χ2n) is 4.83. The molecule has 0 bridgehead atoms. The monoisotopic (exact) mass is 272 g/mol. The van der Waals surface area contributed by atoms with Crippen LogP contribution in [-0.4, -0.2) is 14.5 Å². The largest absolute Gasteiger partial charge is 0.447 e. The summed E-state index contributed by atoms with van der Waals surface area (Å²) in [5.41, 5.74) is 5.40. The number of rotatable bonds is 7. The van der Waals surface area contributed by atoms with Crippen LogP contribution in [0.1, 0.15) is 38.4 Å². The van der Waals surface area contributed by atoms with E-state index in [4.69, 9.17) is 10.2 Å². The number of sulfonamides is 1. The molecule has 1 aromatic heterocycles. The van der Waals surface area contributed by atoms with E-state index >= 15 is 0 Å². The topological polar surface area (TPSA) is 85.3 Å². The summed E-state index contributed by atoms with van der Waals surface area (Å²) in [7, 11) is -3.55. The molecule has 0 saturated heterocycles. The van der Waals surface area contributed by atoms with Crippen molar-refractivity contribution in [2.75, 3.05) is 0 Å². The fourth-order valence-electron chi connectivity index (χ4n) is 1.94. The number of hydrogen-bond acceptors (Lipinski definition) is 4. The van der Waals surface area contributed by atoms with Crippen molar-refractivity contribution in [2.45, 2.75) is 50.3 Å². The third kappa shape index (κ3) is 3.34. The molecule has 0 aliphatic heterocycles. The van der Waals surface area contributed by atoms with Gasteiger partial charge in [0.25, 0.3) is 10.0 Å². The van der Waals surface area contributed by atoms with Crippen LogP contribution in [0, 0.1) is 5.92 Å². The summed E-state index contributed by atoms with van der Waals surface area (Å²) in [5, 5.41) is -0.0443. The van der Waals surface area contributed by atoms with Gasteiger partial charge in [-0.2, -0.15) is 0 Å². The van der Waals surface area contributed by atoms with Crippen molar-refractivity contribution in [3.8, 4) is 0 Å². The fourth-order valence-corrected chi connectivity index (χ4v) is 3.23. The molecule has 5 nitrogen and oxygen atoms in total. The van der Waals surface area contributed by atoms with Gasteiger partial charge in [-0.15, -0.1) is 0 Å². The highest BCUT2D eigenvalue weighted by Gasteiger charge is 2.28. The molecule has 2 rings (SSSR count). The third-order valence-electron chi connectivity index (χ3n) is 3.23. The van der Waals surface area contributed by atoms with Gasteiger partial charge in [0.15, 0.2) is 0 Å². The Balaban J connectivity index is 2.04. The van der Waals surface area contributed by atoms with Gasteiger partial charge in [0.05, 0.1) is 6.54 Å². The quantitative estimate of drug-likeness (QED) is 0.789. The first-order valence-corrected chi connectivity index (χ1v) is 7.84. The van der Waals surface area contributed by atoms with E-state index in [1.54, 1.807) is 6.07 Å². The van der Waals surface area contributed by atoms with Crippen LogP contribution in [0.4, 0.5) is 0 Å². The van der Waals surface area contributed by atoms with Crippen LogP contribution in [0.3, 0.4) is 0 Å². The van der Waals surface area contributed by atoms with Gasteiger partial charge >= 0.3 is 0 Å². The summed E-state index contributed by atoms with van der Waals surface area (Å²) < 4.78 is 32.1. The van der Waals surface area contributed by atoms with Crippen molar-refractivity contribution in [3.63, 3.8) is 0 Å². The molecular weight excluding hydrogens is 252 g/mol. The highest BCUT2D eigenvalue weighted by atomic mass is 32.2. The molecule has 1 aromatic rings. The second kappa shape index (κ2) is 5.42. The van der Waals surface area contributed by atoms with Gasteiger partial charge in [-0.3, -0.25) is 0 Å². The van der Waals surface area contributed by atoms with E-state index in [0.29, 0.717) is 11.7 Å². The van der Waals surface area contributed by atoms with Crippen molar-refractivity contribution >= 4 is 10.0 Å². The highest BCUT2D eigenvalue weighted by molar-refractivity contribution is 7.89. The molecule has 0 spiro atoms. The molecule has 18 heavy (non-hydrogen) atoms. The summed E-state index contributed by atoms with van der Waals surface area (Å²) in [5.74, 6) is 1.17. The zero-order valence-corrected chi connectivity index (χ0v) is 11.4. The Morgan fingerprint density at radius 3 is 2.72 bits per heavy atom. The lowest BCUT2D eigenvalue weighted by Gasteiger charge is -2.15. The standard InChI is InChI=1S/C12H20N2O3S/c1-2-10(7-9-3-4-9)14-18(15,16)12-6-5-11(8-13)17-12/h5-6,9-10,14H,2-4,7-8,13H2,1H3. The van der Waals surface area contributed by atoms with Crippen LogP contribution in [0.15, 0.2) is 21.6 Å². The highest BCUT2D eigenvalue weighted by Crippen LogP contribution is 2.34. The second-order valence-corrected chi connectivity index (χ2v) is 6.48. The molecule has 1 heterocycles. The number of nitrogens with one attached hydrogen (secondary N) is 1. The smallest absolute Gasteiger partial charge is 0.274 e. The van der Waals surface area contributed by atoms with E-state index in [2.05, 4.69) is 4.72 Å². The molecule has 0 aromatic carbocycles. The lowest BCUT2D eigenvalue weighted by Crippen LogP contribution is -2.34. The molecule has 3 N–H and O–H groups in total. The average Bonchev–Trinajstić information content (AvgIpc) is 3.01. The normalized spacial score (nSPS) is 17.9. The first kappa shape index (κ1) is 13.6. The molecule has 1 atom stereocenters. The molecule has 6 heteroatoms. The van der Waals surface area contributed by atoms with Crippen LogP contribution in [0.2, 0.25) is 0 Å². The first-order valence-electron chi connectivity index (χ1n) is 6.36. The molecule has 0 amide bonds. The molecule has 1 aliphatic rings. The average molecular weight is 272 g/mol. The minimum absolute atomic E-state index is 0.00562. The van der Waals surface area contributed by atoms with E-state index in [-0.39, 0.29) is 17.7 Å². The predicted molar refractivity (Wildman–Crippen MR) is 68.3 cm³/mol. The summed E-state index contributed by atoms with van der Waals surface area (Å²) in [4.78, 5) is 0. The Labute approximate surface area is 108 Å². The lowest BCUT2D eigenvalue weighted by atomic mass is 10.1. The maximum Gasteiger partial charge on any atom is 0.274 e. The fraction of sp³-hybridized carbons (Fsp3) is 0.667.